The summed E-state index contributed by atoms with van der Waals surface area (Å²) < 4.78 is 37.0. The van der Waals surface area contributed by atoms with Gasteiger partial charge in [0.05, 0.1) is 12.1 Å². The molecule has 1 aromatic rings. The lowest BCUT2D eigenvalue weighted by atomic mass is 10.4. The monoisotopic (exact) mass is 207 g/mol. The van der Waals surface area contributed by atoms with Gasteiger partial charge in [-0.25, -0.2) is 4.98 Å². The van der Waals surface area contributed by atoms with E-state index in [4.69, 9.17) is 0 Å². The Bertz CT molecular complexity index is 303. The van der Waals surface area contributed by atoms with Crippen LogP contribution >= 0.6 is 0 Å². The van der Waals surface area contributed by atoms with Crippen LogP contribution in [0.1, 0.15) is 12.1 Å². The van der Waals surface area contributed by atoms with Crippen molar-refractivity contribution in [2.24, 2.45) is 7.05 Å². The summed E-state index contributed by atoms with van der Waals surface area (Å²) in [5, 5.41) is 2.62. The van der Waals surface area contributed by atoms with E-state index in [-0.39, 0.29) is 6.54 Å². The van der Waals surface area contributed by atoms with Crippen molar-refractivity contribution in [2.45, 2.75) is 19.5 Å². The van der Waals surface area contributed by atoms with Crippen LogP contribution in [-0.4, -0.2) is 22.3 Å². The fourth-order valence-electron chi connectivity index (χ4n) is 1.10. The Morgan fingerprint density at radius 1 is 1.50 bits per heavy atom. The largest absolute Gasteiger partial charge is 0.390 e. The van der Waals surface area contributed by atoms with Crippen LogP contribution in [0.5, 0.6) is 0 Å². The van der Waals surface area contributed by atoms with Crippen molar-refractivity contribution < 1.29 is 13.2 Å². The molecule has 1 rings (SSSR count). The van der Waals surface area contributed by atoms with Crippen molar-refractivity contribution in [1.29, 1.82) is 0 Å². The summed E-state index contributed by atoms with van der Waals surface area (Å²) in [4.78, 5) is 4.01. The minimum Gasteiger partial charge on any atom is -0.355 e. The number of nitrogens with zero attached hydrogens (tertiary/aromatic N) is 2. The molecule has 0 atom stereocenters. The number of imidazole rings is 1. The number of anilines is 1. The van der Waals surface area contributed by atoms with Gasteiger partial charge >= 0.3 is 6.18 Å². The molecule has 0 saturated carbocycles. The highest BCUT2D eigenvalue weighted by atomic mass is 19.4. The zero-order chi connectivity index (χ0) is 10.8. The first-order valence-electron chi connectivity index (χ1n) is 4.19. The van der Waals surface area contributed by atoms with Gasteiger partial charge in [-0.15, -0.1) is 0 Å². The quantitative estimate of drug-likeness (QED) is 0.822. The second kappa shape index (κ2) is 3.89. The van der Waals surface area contributed by atoms with Gasteiger partial charge < -0.3 is 9.88 Å². The normalized spacial score (nSPS) is 11.8. The molecule has 3 nitrogen and oxygen atoms in total. The van der Waals surface area contributed by atoms with Crippen molar-refractivity contribution in [2.75, 3.05) is 11.9 Å². The molecule has 0 aliphatic rings. The fourth-order valence-corrected chi connectivity index (χ4v) is 1.10. The van der Waals surface area contributed by atoms with Gasteiger partial charge in [0.1, 0.15) is 0 Å². The van der Waals surface area contributed by atoms with E-state index < -0.39 is 12.6 Å². The van der Waals surface area contributed by atoms with E-state index in [1.165, 1.54) is 0 Å². The van der Waals surface area contributed by atoms with E-state index in [0.29, 0.717) is 5.95 Å². The molecule has 0 saturated heterocycles. The van der Waals surface area contributed by atoms with Crippen molar-refractivity contribution in [1.82, 2.24) is 9.55 Å². The Balaban J connectivity index is 2.42. The summed E-state index contributed by atoms with van der Waals surface area (Å²) in [6, 6.07) is 0. The van der Waals surface area contributed by atoms with Gasteiger partial charge in [-0.3, -0.25) is 0 Å². The maximum Gasteiger partial charge on any atom is 0.390 e. The standard InChI is InChI=1S/C8H12F3N3/c1-6-5-14(2)7(13-6)12-4-3-8(9,10)11/h5H,3-4H2,1-2H3,(H,12,13). The molecule has 0 amide bonds. The number of aromatic nitrogens is 2. The lowest BCUT2D eigenvalue weighted by Crippen LogP contribution is -2.16. The smallest absolute Gasteiger partial charge is 0.355 e. The first-order chi connectivity index (χ1) is 6.38. The van der Waals surface area contributed by atoms with Gasteiger partial charge in [-0.1, -0.05) is 0 Å². The van der Waals surface area contributed by atoms with Gasteiger partial charge in [-0.2, -0.15) is 13.2 Å². The molecule has 0 radical (unpaired) electrons. The lowest BCUT2D eigenvalue weighted by Gasteiger charge is -2.07. The van der Waals surface area contributed by atoms with Crippen LogP contribution in [0.4, 0.5) is 19.1 Å². The Morgan fingerprint density at radius 2 is 2.14 bits per heavy atom. The Kier molecular flexibility index (Phi) is 3.03. The molecule has 0 aliphatic heterocycles. The molecule has 14 heavy (non-hydrogen) atoms. The predicted molar refractivity (Wildman–Crippen MR) is 47.1 cm³/mol. The summed E-state index contributed by atoms with van der Waals surface area (Å²) in [6.07, 6.45) is -3.22. The van der Waals surface area contributed by atoms with Crippen LogP contribution in [0.25, 0.3) is 0 Å². The molecule has 0 aliphatic carbocycles. The summed E-state index contributed by atoms with van der Waals surface area (Å²) in [7, 11) is 1.73. The van der Waals surface area contributed by atoms with Gasteiger partial charge in [-0.05, 0) is 6.92 Å². The molecule has 0 spiro atoms. The highest BCUT2D eigenvalue weighted by Gasteiger charge is 2.26. The third-order valence-electron chi connectivity index (χ3n) is 1.69. The highest BCUT2D eigenvalue weighted by molar-refractivity contribution is 5.27. The second-order valence-corrected chi connectivity index (χ2v) is 3.11. The topological polar surface area (TPSA) is 29.9 Å². The molecule has 0 aromatic carbocycles. The number of aryl methyl sites for hydroxylation is 2. The summed E-state index contributed by atoms with van der Waals surface area (Å²) >= 11 is 0. The van der Waals surface area contributed by atoms with Gasteiger partial charge in [0.25, 0.3) is 0 Å². The third-order valence-corrected chi connectivity index (χ3v) is 1.69. The number of rotatable bonds is 3. The molecule has 1 N–H and O–H groups in total. The molecule has 80 valence electrons. The zero-order valence-electron chi connectivity index (χ0n) is 8.02. The SMILES string of the molecule is Cc1cn(C)c(NCCC(F)(F)F)n1. The Labute approximate surface area is 79.9 Å². The van der Waals surface area contributed by atoms with E-state index in [1.807, 2.05) is 0 Å². The molecule has 0 bridgehead atoms. The molecule has 0 fully saturated rings. The minimum atomic E-state index is -4.12. The van der Waals surface area contributed by atoms with Crippen LogP contribution in [-0.2, 0) is 7.05 Å². The summed E-state index contributed by atoms with van der Waals surface area (Å²) in [5.41, 5.74) is 0.780. The van der Waals surface area contributed by atoms with Crippen LogP contribution < -0.4 is 5.32 Å². The summed E-state index contributed by atoms with van der Waals surface area (Å²) in [5.74, 6) is 0.465. The van der Waals surface area contributed by atoms with Gasteiger partial charge in [0, 0.05) is 19.8 Å². The van der Waals surface area contributed by atoms with E-state index in [0.717, 1.165) is 5.69 Å². The van der Waals surface area contributed by atoms with E-state index in [2.05, 4.69) is 10.3 Å². The van der Waals surface area contributed by atoms with Crippen molar-refractivity contribution >= 4 is 5.95 Å². The van der Waals surface area contributed by atoms with Crippen molar-refractivity contribution in [3.05, 3.63) is 11.9 Å². The number of hydrogen-bond acceptors (Lipinski definition) is 2. The molecule has 0 unspecified atom stereocenters. The number of alkyl halides is 3. The van der Waals surface area contributed by atoms with Gasteiger partial charge in [0.15, 0.2) is 0 Å². The molecular formula is C8H12F3N3. The average molecular weight is 207 g/mol. The molecular weight excluding hydrogens is 195 g/mol. The summed E-state index contributed by atoms with van der Waals surface area (Å²) in [6.45, 7) is 1.64. The molecule has 6 heteroatoms. The maximum atomic E-state index is 11.8. The van der Waals surface area contributed by atoms with Crippen LogP contribution in [0.3, 0.4) is 0 Å². The third kappa shape index (κ3) is 3.27. The minimum absolute atomic E-state index is 0.145. The first-order valence-corrected chi connectivity index (χ1v) is 4.19. The van der Waals surface area contributed by atoms with E-state index in [9.17, 15) is 13.2 Å². The fraction of sp³-hybridized carbons (Fsp3) is 0.625. The van der Waals surface area contributed by atoms with Crippen LogP contribution in [0.15, 0.2) is 6.20 Å². The average Bonchev–Trinajstić information content (AvgIpc) is 2.27. The highest BCUT2D eigenvalue weighted by Crippen LogP contribution is 2.19. The van der Waals surface area contributed by atoms with Crippen molar-refractivity contribution in [3.8, 4) is 0 Å². The number of halogens is 3. The maximum absolute atomic E-state index is 11.8. The molecule has 1 heterocycles. The van der Waals surface area contributed by atoms with E-state index >= 15 is 0 Å². The number of hydrogen-bond donors (Lipinski definition) is 1. The Morgan fingerprint density at radius 3 is 2.57 bits per heavy atom. The van der Waals surface area contributed by atoms with Crippen LogP contribution in [0, 0.1) is 6.92 Å². The van der Waals surface area contributed by atoms with Gasteiger partial charge in [0.2, 0.25) is 5.95 Å². The second-order valence-electron chi connectivity index (χ2n) is 3.11. The Hall–Kier alpha value is -1.20. The lowest BCUT2D eigenvalue weighted by molar-refractivity contribution is -0.131. The number of nitrogens with one attached hydrogen (secondary N) is 1. The van der Waals surface area contributed by atoms with Crippen molar-refractivity contribution in [3.63, 3.8) is 0 Å². The first kappa shape index (κ1) is 10.9. The zero-order valence-corrected chi connectivity index (χ0v) is 8.02. The predicted octanol–water partition coefficient (Wildman–Crippen LogP) is 2.09. The molecule has 1 aromatic heterocycles. The van der Waals surface area contributed by atoms with E-state index in [1.54, 1.807) is 24.7 Å². The van der Waals surface area contributed by atoms with Crippen LogP contribution in [0.2, 0.25) is 0 Å².